The number of methoxy groups -OCH3 is 1. The lowest BCUT2D eigenvalue weighted by atomic mass is 10.7. The first-order valence-corrected chi connectivity index (χ1v) is 2.25. The van der Waals surface area contributed by atoms with Gasteiger partial charge in [-0.3, -0.25) is 5.41 Å². The molecular weight excluding hydrogens is 108 g/mol. The van der Waals surface area contributed by atoms with E-state index in [9.17, 15) is 5.21 Å². The predicted molar refractivity (Wildman–Crippen MR) is 29.6 cm³/mol. The number of ether oxygens (including phenoxy) is 1. The number of hydrogen-bond donors (Lipinski definition) is 2. The first-order chi connectivity index (χ1) is 3.68. The van der Waals surface area contributed by atoms with Gasteiger partial charge in [-0.15, -0.1) is 0 Å². The second kappa shape index (κ2) is 3.54. The summed E-state index contributed by atoms with van der Waals surface area (Å²) >= 11 is 0. The van der Waals surface area contributed by atoms with Crippen LogP contribution in [0.5, 0.6) is 0 Å². The standard InChI is InChI=1S/C4H10N2O2/c1-4(5)6(7)3-8-2/h5-6H,3H2,1-2H3. The molecule has 1 atom stereocenters. The van der Waals surface area contributed by atoms with Crippen molar-refractivity contribution in [3.8, 4) is 0 Å². The number of quaternary nitrogens is 1. The summed E-state index contributed by atoms with van der Waals surface area (Å²) in [7, 11) is 1.43. The highest BCUT2D eigenvalue weighted by molar-refractivity contribution is 5.66. The summed E-state index contributed by atoms with van der Waals surface area (Å²) < 4.78 is 4.47. The van der Waals surface area contributed by atoms with Crippen LogP contribution in [0.2, 0.25) is 0 Å². The molecule has 0 rings (SSSR count). The summed E-state index contributed by atoms with van der Waals surface area (Å²) in [6, 6.07) is 0. The highest BCUT2D eigenvalue weighted by Crippen LogP contribution is 1.52. The summed E-state index contributed by atoms with van der Waals surface area (Å²) in [5, 5.41) is 16.9. The molecule has 8 heavy (non-hydrogen) atoms. The molecule has 0 saturated carbocycles. The molecule has 0 aromatic rings. The second-order valence-electron chi connectivity index (χ2n) is 1.48. The predicted octanol–water partition coefficient (Wildman–Crippen LogP) is -1.03. The van der Waals surface area contributed by atoms with Gasteiger partial charge in [0.05, 0.1) is 0 Å². The summed E-state index contributed by atoms with van der Waals surface area (Å²) in [6.07, 6.45) is 0. The van der Waals surface area contributed by atoms with Gasteiger partial charge in [-0.2, -0.15) is 0 Å². The van der Waals surface area contributed by atoms with Crippen molar-refractivity contribution < 1.29 is 9.80 Å². The fourth-order valence-electron chi connectivity index (χ4n) is 0.239. The van der Waals surface area contributed by atoms with Crippen LogP contribution in [0.3, 0.4) is 0 Å². The molecule has 0 aromatic heterocycles. The van der Waals surface area contributed by atoms with E-state index in [1.807, 2.05) is 0 Å². The van der Waals surface area contributed by atoms with Gasteiger partial charge in [0.25, 0.3) is 0 Å². The molecule has 1 unspecified atom stereocenters. The maximum Gasteiger partial charge on any atom is 0.192 e. The van der Waals surface area contributed by atoms with Crippen molar-refractivity contribution in [3.63, 3.8) is 0 Å². The molecule has 48 valence electrons. The van der Waals surface area contributed by atoms with Gasteiger partial charge in [0.15, 0.2) is 12.6 Å². The summed E-state index contributed by atoms with van der Waals surface area (Å²) in [5.41, 5.74) is 0. The fraction of sp³-hybridized carbons (Fsp3) is 0.750. The lowest BCUT2D eigenvalue weighted by Gasteiger charge is -2.17. The Morgan fingerprint density at radius 2 is 2.38 bits per heavy atom. The average Bonchev–Trinajstić information content (AvgIpc) is 1.67. The zero-order valence-corrected chi connectivity index (χ0v) is 5.02. The summed E-state index contributed by atoms with van der Waals surface area (Å²) in [5.74, 6) is 0.0480. The topological polar surface area (TPSA) is 60.6 Å². The molecule has 0 radical (unpaired) electrons. The number of nitrogens with one attached hydrogen (secondary N) is 2. The zero-order valence-electron chi connectivity index (χ0n) is 5.02. The quantitative estimate of drug-likeness (QED) is 0.211. The van der Waals surface area contributed by atoms with E-state index in [1.165, 1.54) is 14.0 Å². The van der Waals surface area contributed by atoms with E-state index in [0.717, 1.165) is 0 Å². The normalized spacial score (nSPS) is 13.4. The van der Waals surface area contributed by atoms with Crippen LogP contribution in [0.4, 0.5) is 0 Å². The van der Waals surface area contributed by atoms with Crippen LogP contribution >= 0.6 is 0 Å². The van der Waals surface area contributed by atoms with E-state index < -0.39 is 0 Å². The van der Waals surface area contributed by atoms with E-state index in [-0.39, 0.29) is 17.6 Å². The third kappa shape index (κ3) is 2.68. The van der Waals surface area contributed by atoms with E-state index in [4.69, 9.17) is 5.41 Å². The largest absolute Gasteiger partial charge is 0.626 e. The van der Waals surface area contributed by atoms with E-state index in [1.54, 1.807) is 0 Å². The van der Waals surface area contributed by atoms with E-state index in [2.05, 4.69) is 4.74 Å². The molecule has 0 bridgehead atoms. The molecule has 2 N–H and O–H groups in total. The highest BCUT2D eigenvalue weighted by atomic mass is 16.6. The SMILES string of the molecule is COC[NH+]([O-])C(C)=N. The number of hydroxylamine groups is 2. The van der Waals surface area contributed by atoms with Gasteiger partial charge in [-0.05, 0) is 0 Å². The third-order valence-electron chi connectivity index (χ3n) is 0.694. The molecule has 0 aliphatic rings. The van der Waals surface area contributed by atoms with E-state index in [0.29, 0.717) is 0 Å². The minimum atomic E-state index is -0.257. The molecular formula is C4H10N2O2. The van der Waals surface area contributed by atoms with Crippen molar-refractivity contribution >= 4 is 5.84 Å². The molecule has 4 nitrogen and oxygen atoms in total. The number of rotatable bonds is 2. The zero-order chi connectivity index (χ0) is 6.57. The highest BCUT2D eigenvalue weighted by Gasteiger charge is 1.94. The van der Waals surface area contributed by atoms with Crippen molar-refractivity contribution in [1.29, 1.82) is 5.41 Å². The first kappa shape index (κ1) is 7.55. The summed E-state index contributed by atoms with van der Waals surface area (Å²) in [6.45, 7) is 1.47. The average molecular weight is 118 g/mol. The second-order valence-corrected chi connectivity index (χ2v) is 1.48. The van der Waals surface area contributed by atoms with Gasteiger partial charge in [-0.25, -0.2) is 0 Å². The van der Waals surface area contributed by atoms with E-state index >= 15 is 0 Å². The van der Waals surface area contributed by atoms with Crippen LogP contribution in [0, 0.1) is 10.6 Å². The lowest BCUT2D eigenvalue weighted by molar-refractivity contribution is -0.776. The van der Waals surface area contributed by atoms with Crippen molar-refractivity contribution in [2.24, 2.45) is 0 Å². The Morgan fingerprint density at radius 1 is 1.88 bits per heavy atom. The van der Waals surface area contributed by atoms with Crippen LogP contribution in [0.15, 0.2) is 0 Å². The summed E-state index contributed by atoms with van der Waals surface area (Å²) in [4.78, 5) is 0. The van der Waals surface area contributed by atoms with Gasteiger partial charge < -0.3 is 15.0 Å². The van der Waals surface area contributed by atoms with Crippen LogP contribution in [-0.4, -0.2) is 19.7 Å². The molecule has 0 aliphatic carbocycles. The molecule has 0 saturated heterocycles. The van der Waals surface area contributed by atoms with Crippen molar-refractivity contribution in [1.82, 2.24) is 0 Å². The molecule has 0 aliphatic heterocycles. The van der Waals surface area contributed by atoms with Crippen molar-refractivity contribution in [2.45, 2.75) is 6.92 Å². The monoisotopic (exact) mass is 118 g/mol. The molecule has 0 aromatic carbocycles. The smallest absolute Gasteiger partial charge is 0.192 e. The molecule has 0 heterocycles. The molecule has 0 amide bonds. The Bertz CT molecular complexity index is 84.1. The number of amidine groups is 1. The third-order valence-corrected chi connectivity index (χ3v) is 0.694. The van der Waals surface area contributed by atoms with Gasteiger partial charge in [0.1, 0.15) is 0 Å². The lowest BCUT2D eigenvalue weighted by Crippen LogP contribution is -3.09. The van der Waals surface area contributed by atoms with Crippen LogP contribution in [0.1, 0.15) is 6.92 Å². The van der Waals surface area contributed by atoms with Gasteiger partial charge in [-0.1, -0.05) is 0 Å². The van der Waals surface area contributed by atoms with Gasteiger partial charge in [0, 0.05) is 14.0 Å². The Morgan fingerprint density at radius 3 is 2.50 bits per heavy atom. The molecule has 0 fully saturated rings. The number of hydrogen-bond acceptors (Lipinski definition) is 3. The van der Waals surface area contributed by atoms with Crippen LogP contribution in [-0.2, 0) is 4.74 Å². The van der Waals surface area contributed by atoms with Crippen molar-refractivity contribution in [2.75, 3.05) is 13.8 Å². The molecule has 4 heteroatoms. The van der Waals surface area contributed by atoms with Gasteiger partial charge >= 0.3 is 0 Å². The van der Waals surface area contributed by atoms with Crippen LogP contribution < -0.4 is 5.06 Å². The Balaban J connectivity index is 3.32. The maximum absolute atomic E-state index is 10.4. The molecule has 0 spiro atoms. The van der Waals surface area contributed by atoms with Crippen LogP contribution in [0.25, 0.3) is 0 Å². The van der Waals surface area contributed by atoms with Crippen molar-refractivity contribution in [3.05, 3.63) is 5.21 Å². The Kier molecular flexibility index (Phi) is 3.34. The minimum Gasteiger partial charge on any atom is -0.626 e. The fourth-order valence-corrected chi connectivity index (χ4v) is 0.239. The Hall–Kier alpha value is -0.450. The minimum absolute atomic E-state index is 0.0231. The maximum atomic E-state index is 10.4. The Labute approximate surface area is 48.1 Å². The first-order valence-electron chi connectivity index (χ1n) is 2.25. The van der Waals surface area contributed by atoms with Gasteiger partial charge in [0.2, 0.25) is 0 Å².